The highest BCUT2D eigenvalue weighted by atomic mass is 16.5. The molecule has 3 atom stereocenters. The van der Waals surface area contributed by atoms with Gasteiger partial charge in [-0.15, -0.1) is 0 Å². The molecule has 1 aliphatic rings. The zero-order chi connectivity index (χ0) is 16.4. The predicted molar refractivity (Wildman–Crippen MR) is 69.5 cm³/mol. The Morgan fingerprint density at radius 2 is 1.71 bits per heavy atom. The number of aliphatic carboxylic acids is 2. The van der Waals surface area contributed by atoms with Gasteiger partial charge in [0.15, 0.2) is 12.2 Å². The summed E-state index contributed by atoms with van der Waals surface area (Å²) >= 11 is 0. The molecule has 0 unspecified atom stereocenters. The first-order valence-corrected chi connectivity index (χ1v) is 6.50. The summed E-state index contributed by atoms with van der Waals surface area (Å²) in [6.07, 6.45) is -2.47. The monoisotopic (exact) mass is 307 g/mol. The lowest BCUT2D eigenvalue weighted by Gasteiger charge is -2.20. The Kier molecular flexibility index (Phi) is 9.26. The number of carbonyl (C=O) groups excluding carboxylic acids is 1. The van der Waals surface area contributed by atoms with Crippen LogP contribution in [0.2, 0.25) is 0 Å². The van der Waals surface area contributed by atoms with Crippen LogP contribution in [-0.4, -0.2) is 70.2 Å². The molecular weight excluding hydrogens is 286 g/mol. The SMILES string of the molecule is CCOC(=O)[C@H]1CCCNC1.O=C(O)[C@@H](O)[C@@H](O)C(=O)O. The van der Waals surface area contributed by atoms with E-state index in [1.807, 2.05) is 6.92 Å². The minimum absolute atomic E-state index is 0.0419. The number of piperidine rings is 1. The van der Waals surface area contributed by atoms with Crippen molar-refractivity contribution >= 4 is 17.9 Å². The van der Waals surface area contributed by atoms with Crippen LogP contribution in [0.1, 0.15) is 19.8 Å². The molecule has 1 fully saturated rings. The molecule has 9 heteroatoms. The summed E-state index contributed by atoms with van der Waals surface area (Å²) in [7, 11) is 0. The molecule has 1 aliphatic heterocycles. The molecule has 0 aromatic carbocycles. The number of rotatable bonds is 5. The third kappa shape index (κ3) is 7.59. The van der Waals surface area contributed by atoms with Crippen LogP contribution in [0.15, 0.2) is 0 Å². The Bertz CT molecular complexity index is 335. The molecule has 1 rings (SSSR count). The van der Waals surface area contributed by atoms with E-state index in [1.165, 1.54) is 0 Å². The molecule has 1 heterocycles. The summed E-state index contributed by atoms with van der Waals surface area (Å²) in [6.45, 7) is 4.16. The molecular formula is C12H21NO8. The van der Waals surface area contributed by atoms with Crippen molar-refractivity contribution in [3.63, 3.8) is 0 Å². The molecule has 0 saturated carbocycles. The molecule has 0 amide bonds. The number of aliphatic hydroxyl groups is 2. The van der Waals surface area contributed by atoms with Gasteiger partial charge in [0.05, 0.1) is 12.5 Å². The zero-order valence-corrected chi connectivity index (χ0v) is 11.7. The van der Waals surface area contributed by atoms with Crippen LogP contribution < -0.4 is 5.32 Å². The Labute approximate surface area is 121 Å². The number of ether oxygens (including phenoxy) is 1. The fraction of sp³-hybridized carbons (Fsp3) is 0.750. The first-order valence-electron chi connectivity index (χ1n) is 6.50. The quantitative estimate of drug-likeness (QED) is 0.379. The van der Waals surface area contributed by atoms with Gasteiger partial charge in [0.2, 0.25) is 0 Å². The second-order valence-corrected chi connectivity index (χ2v) is 4.36. The topological polar surface area (TPSA) is 153 Å². The molecule has 21 heavy (non-hydrogen) atoms. The van der Waals surface area contributed by atoms with Gasteiger partial charge >= 0.3 is 17.9 Å². The number of carboxylic acids is 2. The van der Waals surface area contributed by atoms with Gasteiger partial charge in [0.25, 0.3) is 0 Å². The zero-order valence-electron chi connectivity index (χ0n) is 11.7. The van der Waals surface area contributed by atoms with E-state index in [0.717, 1.165) is 25.9 Å². The van der Waals surface area contributed by atoms with Gasteiger partial charge < -0.3 is 30.5 Å². The van der Waals surface area contributed by atoms with Gasteiger partial charge in [-0.25, -0.2) is 9.59 Å². The molecule has 5 N–H and O–H groups in total. The average molecular weight is 307 g/mol. The average Bonchev–Trinajstić information content (AvgIpc) is 2.47. The van der Waals surface area contributed by atoms with Gasteiger partial charge in [-0.05, 0) is 26.3 Å². The van der Waals surface area contributed by atoms with E-state index in [2.05, 4.69) is 5.32 Å². The number of carboxylic acid groups (broad SMARTS) is 2. The minimum Gasteiger partial charge on any atom is -0.479 e. The van der Waals surface area contributed by atoms with Crippen molar-refractivity contribution in [2.24, 2.45) is 5.92 Å². The standard InChI is InChI=1S/C8H15NO2.C4H6O6/c1-2-11-8(10)7-4-3-5-9-6-7;5-1(3(7)8)2(6)4(9)10/h7,9H,2-6H2,1H3;1-2,5-6H,(H,7,8)(H,9,10)/t7-;1-,2+/m0./s1. The Balaban J connectivity index is 0.000000384. The van der Waals surface area contributed by atoms with E-state index in [9.17, 15) is 14.4 Å². The number of hydrogen-bond acceptors (Lipinski definition) is 7. The van der Waals surface area contributed by atoms with Crippen molar-refractivity contribution in [3.8, 4) is 0 Å². The molecule has 0 bridgehead atoms. The van der Waals surface area contributed by atoms with E-state index in [4.69, 9.17) is 25.2 Å². The fourth-order valence-electron chi connectivity index (χ4n) is 1.58. The molecule has 9 nitrogen and oxygen atoms in total. The highest BCUT2D eigenvalue weighted by Gasteiger charge is 2.29. The molecule has 0 aliphatic carbocycles. The van der Waals surface area contributed by atoms with E-state index < -0.39 is 24.1 Å². The van der Waals surface area contributed by atoms with Crippen LogP contribution in [-0.2, 0) is 19.1 Å². The number of hydrogen-bond donors (Lipinski definition) is 5. The number of aliphatic hydroxyl groups excluding tert-OH is 2. The van der Waals surface area contributed by atoms with Crippen molar-refractivity contribution in [1.82, 2.24) is 5.32 Å². The smallest absolute Gasteiger partial charge is 0.335 e. The van der Waals surface area contributed by atoms with Crippen LogP contribution >= 0.6 is 0 Å². The fourth-order valence-corrected chi connectivity index (χ4v) is 1.58. The van der Waals surface area contributed by atoms with Crippen LogP contribution in [0, 0.1) is 5.92 Å². The minimum atomic E-state index is -2.27. The number of carbonyl (C=O) groups is 3. The molecule has 1 saturated heterocycles. The summed E-state index contributed by atoms with van der Waals surface area (Å²) in [5, 5.41) is 35.7. The first kappa shape index (κ1) is 19.3. The molecule has 0 aromatic rings. The van der Waals surface area contributed by atoms with Crippen molar-refractivity contribution in [1.29, 1.82) is 0 Å². The van der Waals surface area contributed by atoms with E-state index in [0.29, 0.717) is 6.61 Å². The van der Waals surface area contributed by atoms with Crippen molar-refractivity contribution in [2.45, 2.75) is 32.0 Å². The van der Waals surface area contributed by atoms with Crippen LogP contribution in [0.4, 0.5) is 0 Å². The number of nitrogens with one attached hydrogen (secondary N) is 1. The largest absolute Gasteiger partial charge is 0.479 e. The van der Waals surface area contributed by atoms with Gasteiger partial charge in [-0.3, -0.25) is 4.79 Å². The second kappa shape index (κ2) is 10.1. The third-order valence-electron chi connectivity index (χ3n) is 2.72. The maximum atomic E-state index is 11.1. The van der Waals surface area contributed by atoms with Gasteiger partial charge in [0, 0.05) is 6.54 Å². The summed E-state index contributed by atoms with van der Waals surface area (Å²) in [5.74, 6) is -3.48. The van der Waals surface area contributed by atoms with E-state index in [-0.39, 0.29) is 11.9 Å². The van der Waals surface area contributed by atoms with Gasteiger partial charge in [0.1, 0.15) is 0 Å². The van der Waals surface area contributed by atoms with Crippen molar-refractivity contribution in [2.75, 3.05) is 19.7 Å². The maximum absolute atomic E-state index is 11.1. The third-order valence-corrected chi connectivity index (χ3v) is 2.72. The lowest BCUT2D eigenvalue weighted by atomic mass is 10.0. The lowest BCUT2D eigenvalue weighted by molar-refractivity contribution is -0.165. The second-order valence-electron chi connectivity index (χ2n) is 4.36. The lowest BCUT2D eigenvalue weighted by Crippen LogP contribution is -2.39. The normalized spacial score (nSPS) is 20.4. The van der Waals surface area contributed by atoms with E-state index in [1.54, 1.807) is 0 Å². The predicted octanol–water partition coefficient (Wildman–Crippen LogP) is -1.57. The molecule has 0 spiro atoms. The van der Waals surface area contributed by atoms with Crippen molar-refractivity contribution in [3.05, 3.63) is 0 Å². The van der Waals surface area contributed by atoms with Gasteiger partial charge in [-0.1, -0.05) is 0 Å². The Morgan fingerprint density at radius 3 is 2.05 bits per heavy atom. The van der Waals surface area contributed by atoms with Crippen LogP contribution in [0.3, 0.4) is 0 Å². The first-order chi connectivity index (χ1) is 9.81. The van der Waals surface area contributed by atoms with Crippen LogP contribution in [0.5, 0.6) is 0 Å². The highest BCUT2D eigenvalue weighted by molar-refractivity contribution is 5.83. The highest BCUT2D eigenvalue weighted by Crippen LogP contribution is 2.11. The van der Waals surface area contributed by atoms with Gasteiger partial charge in [-0.2, -0.15) is 0 Å². The summed E-state index contributed by atoms with van der Waals surface area (Å²) in [4.78, 5) is 30.7. The van der Waals surface area contributed by atoms with Crippen LogP contribution in [0.25, 0.3) is 0 Å². The summed E-state index contributed by atoms with van der Waals surface area (Å²) < 4.78 is 4.90. The Hall–Kier alpha value is -1.71. The summed E-state index contributed by atoms with van der Waals surface area (Å²) in [6, 6.07) is 0. The van der Waals surface area contributed by atoms with E-state index >= 15 is 0 Å². The summed E-state index contributed by atoms with van der Waals surface area (Å²) in [5.41, 5.74) is 0. The maximum Gasteiger partial charge on any atom is 0.335 e. The molecule has 122 valence electrons. The molecule has 0 aromatic heterocycles. The Morgan fingerprint density at radius 1 is 1.19 bits per heavy atom. The molecule has 0 radical (unpaired) electrons. The van der Waals surface area contributed by atoms with Crippen molar-refractivity contribution < 1.29 is 39.5 Å². The number of esters is 1.